The molecule has 0 aromatic carbocycles. The maximum absolute atomic E-state index is 12.5. The van der Waals surface area contributed by atoms with Gasteiger partial charge in [0.05, 0.1) is 0 Å². The lowest BCUT2D eigenvalue weighted by atomic mass is 9.74. The Kier molecular flexibility index (Phi) is 3.27. The van der Waals surface area contributed by atoms with Crippen LogP contribution in [-0.4, -0.2) is 23.4 Å². The van der Waals surface area contributed by atoms with Crippen LogP contribution in [-0.2, 0) is 4.79 Å². The molecule has 0 spiro atoms. The van der Waals surface area contributed by atoms with Gasteiger partial charge in [-0.15, -0.1) is 0 Å². The Morgan fingerprint density at radius 3 is 2.50 bits per heavy atom. The molecule has 2 nitrogen and oxygen atoms in total. The van der Waals surface area contributed by atoms with E-state index >= 15 is 0 Å². The average molecular weight is 223 g/mol. The van der Waals surface area contributed by atoms with E-state index in [2.05, 4.69) is 25.7 Å². The Morgan fingerprint density at radius 1 is 1.06 bits per heavy atom. The molecule has 92 valence electrons. The number of fused-ring (bicyclic) bond motifs is 1. The van der Waals surface area contributed by atoms with Crippen molar-refractivity contribution in [3.05, 3.63) is 0 Å². The van der Waals surface area contributed by atoms with E-state index in [9.17, 15) is 4.79 Å². The van der Waals surface area contributed by atoms with Crippen LogP contribution < -0.4 is 0 Å². The zero-order chi connectivity index (χ0) is 11.8. The summed E-state index contributed by atoms with van der Waals surface area (Å²) >= 11 is 0. The van der Waals surface area contributed by atoms with E-state index in [0.717, 1.165) is 13.0 Å². The summed E-state index contributed by atoms with van der Waals surface area (Å²) in [5.41, 5.74) is 0.133. The summed E-state index contributed by atoms with van der Waals surface area (Å²) in [4.78, 5) is 14.7. The minimum Gasteiger partial charge on any atom is -0.339 e. The molecule has 2 aliphatic rings. The number of carbonyl (C=O) groups is 1. The third kappa shape index (κ3) is 2.26. The minimum atomic E-state index is 0.133. The van der Waals surface area contributed by atoms with Gasteiger partial charge in [-0.2, -0.15) is 0 Å². The van der Waals surface area contributed by atoms with Gasteiger partial charge in [0.15, 0.2) is 0 Å². The standard InChI is InChI=1S/C14H25NO/c1-14(2,3)12-9-8-11-7-5-4-6-10-15(11)13(12)16/h11-12H,4-10H2,1-3H3. The fourth-order valence-electron chi connectivity index (χ4n) is 3.25. The van der Waals surface area contributed by atoms with E-state index in [4.69, 9.17) is 0 Å². The molecule has 2 rings (SSSR count). The first kappa shape index (κ1) is 11.9. The Labute approximate surface area is 99.4 Å². The number of hydrogen-bond donors (Lipinski definition) is 0. The van der Waals surface area contributed by atoms with Crippen molar-refractivity contribution in [3.8, 4) is 0 Å². The van der Waals surface area contributed by atoms with Gasteiger partial charge in [-0.3, -0.25) is 4.79 Å². The van der Waals surface area contributed by atoms with E-state index in [1.165, 1.54) is 32.1 Å². The number of carbonyl (C=O) groups excluding carboxylic acids is 1. The van der Waals surface area contributed by atoms with Crippen LogP contribution in [0.3, 0.4) is 0 Å². The van der Waals surface area contributed by atoms with Gasteiger partial charge in [0.1, 0.15) is 0 Å². The molecule has 0 aromatic heterocycles. The van der Waals surface area contributed by atoms with Crippen LogP contribution >= 0.6 is 0 Å². The van der Waals surface area contributed by atoms with Crippen molar-refractivity contribution in [2.24, 2.45) is 11.3 Å². The summed E-state index contributed by atoms with van der Waals surface area (Å²) in [6, 6.07) is 0.564. The molecule has 0 aromatic rings. The Bertz CT molecular complexity index is 266. The largest absolute Gasteiger partial charge is 0.339 e. The van der Waals surface area contributed by atoms with Crippen molar-refractivity contribution >= 4 is 5.91 Å². The quantitative estimate of drug-likeness (QED) is 0.617. The number of nitrogens with zero attached hydrogens (tertiary/aromatic N) is 1. The van der Waals surface area contributed by atoms with E-state index in [-0.39, 0.29) is 11.3 Å². The molecular weight excluding hydrogens is 198 g/mol. The molecule has 2 heteroatoms. The van der Waals surface area contributed by atoms with Crippen LogP contribution in [0.1, 0.15) is 59.3 Å². The lowest BCUT2D eigenvalue weighted by Crippen LogP contribution is -2.50. The van der Waals surface area contributed by atoms with Crippen molar-refractivity contribution in [2.75, 3.05) is 6.54 Å². The topological polar surface area (TPSA) is 20.3 Å². The van der Waals surface area contributed by atoms with Crippen LogP contribution in [0, 0.1) is 11.3 Å². The van der Waals surface area contributed by atoms with Gasteiger partial charge in [0.2, 0.25) is 5.91 Å². The van der Waals surface area contributed by atoms with Crippen LogP contribution in [0.2, 0.25) is 0 Å². The van der Waals surface area contributed by atoms with Gasteiger partial charge in [-0.25, -0.2) is 0 Å². The Hall–Kier alpha value is -0.530. The molecule has 2 saturated heterocycles. The highest BCUT2D eigenvalue weighted by Crippen LogP contribution is 2.38. The molecule has 0 N–H and O–H groups in total. The Balaban J connectivity index is 2.12. The van der Waals surface area contributed by atoms with Gasteiger partial charge < -0.3 is 4.90 Å². The van der Waals surface area contributed by atoms with Crippen molar-refractivity contribution in [3.63, 3.8) is 0 Å². The second-order valence-corrected chi connectivity index (χ2v) is 6.53. The normalized spacial score (nSPS) is 32.2. The monoisotopic (exact) mass is 223 g/mol. The first-order valence-corrected chi connectivity index (χ1v) is 6.80. The smallest absolute Gasteiger partial charge is 0.226 e. The Morgan fingerprint density at radius 2 is 1.81 bits per heavy atom. The number of amides is 1. The molecule has 1 amide bonds. The number of hydrogen-bond acceptors (Lipinski definition) is 1. The van der Waals surface area contributed by atoms with Gasteiger partial charge >= 0.3 is 0 Å². The van der Waals surface area contributed by atoms with E-state index in [1.54, 1.807) is 0 Å². The van der Waals surface area contributed by atoms with Crippen molar-refractivity contribution in [1.29, 1.82) is 0 Å². The van der Waals surface area contributed by atoms with Crippen LogP contribution in [0.25, 0.3) is 0 Å². The minimum absolute atomic E-state index is 0.133. The number of piperidine rings is 1. The van der Waals surface area contributed by atoms with Crippen LogP contribution in [0.15, 0.2) is 0 Å². The van der Waals surface area contributed by atoms with Crippen LogP contribution in [0.5, 0.6) is 0 Å². The third-order valence-electron chi connectivity index (χ3n) is 4.29. The van der Waals surface area contributed by atoms with E-state index in [1.807, 2.05) is 0 Å². The molecule has 16 heavy (non-hydrogen) atoms. The maximum atomic E-state index is 12.5. The molecule has 2 atom stereocenters. The molecule has 2 fully saturated rings. The van der Waals surface area contributed by atoms with E-state index in [0.29, 0.717) is 11.9 Å². The van der Waals surface area contributed by atoms with Crippen molar-refractivity contribution in [1.82, 2.24) is 4.90 Å². The molecule has 0 saturated carbocycles. The maximum Gasteiger partial charge on any atom is 0.226 e. The lowest BCUT2D eigenvalue weighted by molar-refractivity contribution is -0.146. The third-order valence-corrected chi connectivity index (χ3v) is 4.29. The molecule has 2 aliphatic heterocycles. The highest BCUT2D eigenvalue weighted by molar-refractivity contribution is 5.80. The molecule has 2 heterocycles. The molecular formula is C14H25NO. The molecule has 2 unspecified atom stereocenters. The first-order valence-electron chi connectivity index (χ1n) is 6.80. The van der Waals surface area contributed by atoms with Crippen molar-refractivity contribution < 1.29 is 4.79 Å². The predicted octanol–water partition coefficient (Wildman–Crippen LogP) is 3.21. The SMILES string of the molecule is CC(C)(C)C1CCC2CCCCCN2C1=O. The summed E-state index contributed by atoms with van der Waals surface area (Å²) in [6.45, 7) is 7.62. The first-order chi connectivity index (χ1) is 7.50. The molecule has 0 aliphatic carbocycles. The highest BCUT2D eigenvalue weighted by atomic mass is 16.2. The summed E-state index contributed by atoms with van der Waals surface area (Å²) < 4.78 is 0. The second kappa shape index (κ2) is 4.38. The average Bonchev–Trinajstić information content (AvgIpc) is 2.41. The van der Waals surface area contributed by atoms with Gasteiger partial charge in [-0.05, 0) is 31.1 Å². The van der Waals surface area contributed by atoms with Crippen molar-refractivity contribution in [2.45, 2.75) is 65.3 Å². The zero-order valence-electron chi connectivity index (χ0n) is 11.0. The highest BCUT2D eigenvalue weighted by Gasteiger charge is 2.40. The lowest BCUT2D eigenvalue weighted by Gasteiger charge is -2.43. The predicted molar refractivity (Wildman–Crippen MR) is 66.1 cm³/mol. The fraction of sp³-hybridized carbons (Fsp3) is 0.929. The zero-order valence-corrected chi connectivity index (χ0v) is 11.0. The molecule has 0 bridgehead atoms. The van der Waals surface area contributed by atoms with Crippen LogP contribution in [0.4, 0.5) is 0 Å². The summed E-state index contributed by atoms with van der Waals surface area (Å²) in [5.74, 6) is 0.688. The van der Waals surface area contributed by atoms with E-state index < -0.39 is 0 Å². The van der Waals surface area contributed by atoms with Gasteiger partial charge in [-0.1, -0.05) is 33.6 Å². The molecule has 0 radical (unpaired) electrons. The van der Waals surface area contributed by atoms with Gasteiger partial charge in [0, 0.05) is 18.5 Å². The second-order valence-electron chi connectivity index (χ2n) is 6.53. The fourth-order valence-corrected chi connectivity index (χ4v) is 3.25. The number of rotatable bonds is 0. The van der Waals surface area contributed by atoms with Gasteiger partial charge in [0.25, 0.3) is 0 Å². The summed E-state index contributed by atoms with van der Waals surface area (Å²) in [6.07, 6.45) is 7.40. The summed E-state index contributed by atoms with van der Waals surface area (Å²) in [7, 11) is 0. The summed E-state index contributed by atoms with van der Waals surface area (Å²) in [5, 5.41) is 0.